The first kappa shape index (κ1) is 35.3. The van der Waals surface area contributed by atoms with Crippen LogP contribution in [0.5, 0.6) is 0 Å². The van der Waals surface area contributed by atoms with E-state index in [-0.39, 0.29) is 11.8 Å². The third-order valence-corrected chi connectivity index (χ3v) is 5.79. The Morgan fingerprint density at radius 3 is 0.607 bits per heavy atom. The van der Waals surface area contributed by atoms with E-state index in [1.54, 1.807) is 0 Å². The van der Waals surface area contributed by atoms with Crippen LogP contribution in [0.1, 0.15) is 123 Å². The van der Waals surface area contributed by atoms with Crippen molar-refractivity contribution in [3.05, 3.63) is 0 Å². The second-order valence-corrected chi connectivity index (χ2v) is 9.60. The predicted molar refractivity (Wildman–Crippen MR) is 129 cm³/mol. The second kappa shape index (κ2) is 23.1. The zero-order valence-corrected chi connectivity index (χ0v) is 22.2. The Kier molecular flexibility index (Phi) is 29.2. The highest BCUT2D eigenvalue weighted by Crippen LogP contribution is 2.12. The third kappa shape index (κ3) is 28.1. The largest absolute Gasteiger partial charge is 0.247 e. The van der Waals surface area contributed by atoms with E-state index in [1.807, 2.05) is 41.5 Å². The molecule has 4 atom stereocenters. The number of alkyl halides is 2. The predicted octanol–water partition coefficient (Wildman–Crippen LogP) is 10.2. The Hall–Kier alpha value is -0.140. The highest BCUT2D eigenvalue weighted by atomic mass is 19.1. The molecular weight excluding hydrogens is 350 g/mol. The topological polar surface area (TPSA) is 0 Å². The molecule has 0 spiro atoms. The van der Waals surface area contributed by atoms with E-state index in [1.165, 1.54) is 12.8 Å². The van der Waals surface area contributed by atoms with Crippen LogP contribution >= 0.6 is 0 Å². The summed E-state index contributed by atoms with van der Waals surface area (Å²) in [6.45, 7) is 29.5. The maximum absolute atomic E-state index is 12.3. The van der Waals surface area contributed by atoms with Crippen LogP contribution in [0.15, 0.2) is 0 Å². The molecule has 4 unspecified atom stereocenters. The van der Waals surface area contributed by atoms with Gasteiger partial charge in [-0.3, -0.25) is 0 Å². The molecule has 0 aliphatic heterocycles. The average Bonchev–Trinajstić information content (AvgIpc) is 2.66. The zero-order valence-electron chi connectivity index (χ0n) is 22.2. The summed E-state index contributed by atoms with van der Waals surface area (Å²) < 4.78 is 24.5. The van der Waals surface area contributed by atoms with Gasteiger partial charge in [-0.25, -0.2) is 8.78 Å². The Morgan fingerprint density at radius 1 is 0.393 bits per heavy atom. The highest BCUT2D eigenvalue weighted by molar-refractivity contribution is 4.56. The second-order valence-electron chi connectivity index (χ2n) is 9.60. The van der Waals surface area contributed by atoms with E-state index < -0.39 is 12.3 Å². The first-order chi connectivity index (χ1) is 12.7. The van der Waals surface area contributed by atoms with Crippen LogP contribution in [-0.2, 0) is 0 Å². The smallest absolute Gasteiger partial charge is 0.102 e. The molecule has 28 heavy (non-hydrogen) atoms. The van der Waals surface area contributed by atoms with Gasteiger partial charge in [-0.1, -0.05) is 110 Å². The van der Waals surface area contributed by atoms with Crippen molar-refractivity contribution in [2.24, 2.45) is 35.5 Å². The summed E-state index contributed by atoms with van der Waals surface area (Å²) in [7, 11) is 0. The molecule has 176 valence electrons. The van der Waals surface area contributed by atoms with Crippen molar-refractivity contribution in [1.82, 2.24) is 0 Å². The van der Waals surface area contributed by atoms with Crippen molar-refractivity contribution in [2.45, 2.75) is 135 Å². The molecule has 0 fully saturated rings. The van der Waals surface area contributed by atoms with Crippen molar-refractivity contribution < 1.29 is 8.78 Å². The lowest BCUT2D eigenvalue weighted by Gasteiger charge is -2.10. The van der Waals surface area contributed by atoms with Gasteiger partial charge < -0.3 is 0 Å². The van der Waals surface area contributed by atoms with E-state index >= 15 is 0 Å². The summed E-state index contributed by atoms with van der Waals surface area (Å²) in [5.74, 6) is 3.94. The van der Waals surface area contributed by atoms with Crippen molar-refractivity contribution in [2.75, 3.05) is 0 Å². The minimum atomic E-state index is -0.597. The van der Waals surface area contributed by atoms with Gasteiger partial charge in [0.1, 0.15) is 12.3 Å². The van der Waals surface area contributed by atoms with E-state index in [4.69, 9.17) is 0 Å². The summed E-state index contributed by atoms with van der Waals surface area (Å²) in [5, 5.41) is 0. The van der Waals surface area contributed by atoms with Crippen LogP contribution in [0.4, 0.5) is 8.78 Å². The normalized spacial score (nSPS) is 15.0. The average molecular weight is 409 g/mol. The number of hydrogen-bond acceptors (Lipinski definition) is 0. The minimum Gasteiger partial charge on any atom is -0.247 e. The summed E-state index contributed by atoms with van der Waals surface area (Å²) in [6, 6.07) is 0. The molecule has 0 saturated carbocycles. The van der Waals surface area contributed by atoms with E-state index in [0.717, 1.165) is 23.7 Å². The van der Waals surface area contributed by atoms with E-state index in [0.29, 0.717) is 12.8 Å². The number of halogens is 2. The van der Waals surface area contributed by atoms with Crippen molar-refractivity contribution >= 4 is 0 Å². The van der Waals surface area contributed by atoms with Gasteiger partial charge in [-0.2, -0.15) is 0 Å². The fraction of sp³-hybridized carbons (Fsp3) is 1.00. The van der Waals surface area contributed by atoms with E-state index in [2.05, 4.69) is 55.4 Å². The fourth-order valence-corrected chi connectivity index (χ4v) is 1.89. The quantitative estimate of drug-likeness (QED) is 0.374. The van der Waals surface area contributed by atoms with Gasteiger partial charge >= 0.3 is 0 Å². The van der Waals surface area contributed by atoms with Gasteiger partial charge in [0.05, 0.1) is 0 Å². The van der Waals surface area contributed by atoms with Crippen LogP contribution < -0.4 is 0 Å². The summed E-state index contributed by atoms with van der Waals surface area (Å²) >= 11 is 0. The molecule has 0 rings (SSSR count). The van der Waals surface area contributed by atoms with Crippen LogP contribution in [0, 0.1) is 35.5 Å². The molecule has 0 aromatic rings. The SMILES string of the molecule is CCC(C)C(C)C.CCC(C)C(C)C.CCC(F)C(C)C.CCC(F)C(C)C. The zero-order chi connectivity index (χ0) is 23.4. The minimum absolute atomic E-state index is 0.199. The number of hydrogen-bond donors (Lipinski definition) is 0. The van der Waals surface area contributed by atoms with Gasteiger partial charge in [0, 0.05) is 0 Å². The lowest BCUT2D eigenvalue weighted by Crippen LogP contribution is -2.05. The number of rotatable bonds is 8. The lowest BCUT2D eigenvalue weighted by atomic mass is 9.96. The molecule has 0 amide bonds. The standard InChI is InChI=1S/2C7H16.2C6H13F/c2*1-5-7(4)6(2)3;2*1-4-6(7)5(2)3/h2*6-7H,5H2,1-4H3;2*5-6H,4H2,1-3H3. The van der Waals surface area contributed by atoms with Crippen LogP contribution in [0.3, 0.4) is 0 Å². The summed E-state index contributed by atoms with van der Waals surface area (Å²) in [6.07, 6.45) is 2.74. The van der Waals surface area contributed by atoms with Crippen molar-refractivity contribution in [3.8, 4) is 0 Å². The van der Waals surface area contributed by atoms with Gasteiger partial charge in [0.15, 0.2) is 0 Å². The Bertz CT molecular complexity index is 216. The molecule has 0 aromatic carbocycles. The fourth-order valence-electron chi connectivity index (χ4n) is 1.89. The Balaban J connectivity index is -0.000000137. The van der Waals surface area contributed by atoms with Crippen molar-refractivity contribution in [3.63, 3.8) is 0 Å². The van der Waals surface area contributed by atoms with Crippen LogP contribution in [0.25, 0.3) is 0 Å². The van der Waals surface area contributed by atoms with Gasteiger partial charge in [-0.15, -0.1) is 0 Å². The molecule has 0 N–H and O–H groups in total. The third-order valence-electron chi connectivity index (χ3n) is 5.79. The molecule has 0 heterocycles. The molecule has 0 aromatic heterocycles. The Morgan fingerprint density at radius 2 is 0.607 bits per heavy atom. The molecule has 0 radical (unpaired) electrons. The van der Waals surface area contributed by atoms with Crippen LogP contribution in [0.2, 0.25) is 0 Å². The van der Waals surface area contributed by atoms with Crippen molar-refractivity contribution in [1.29, 1.82) is 0 Å². The molecule has 2 heteroatoms. The molecule has 0 aliphatic carbocycles. The molecule has 0 nitrogen and oxygen atoms in total. The molecule has 0 bridgehead atoms. The molecule has 0 saturated heterocycles. The maximum Gasteiger partial charge on any atom is 0.102 e. The lowest BCUT2D eigenvalue weighted by molar-refractivity contribution is 0.248. The molecular formula is C26H58F2. The maximum atomic E-state index is 12.3. The monoisotopic (exact) mass is 408 g/mol. The van der Waals surface area contributed by atoms with Gasteiger partial charge in [0.2, 0.25) is 0 Å². The first-order valence-corrected chi connectivity index (χ1v) is 12.0. The van der Waals surface area contributed by atoms with Gasteiger partial charge in [0.25, 0.3) is 0 Å². The Labute approximate surface area is 179 Å². The first-order valence-electron chi connectivity index (χ1n) is 12.0. The summed E-state index contributed by atoms with van der Waals surface area (Å²) in [5.41, 5.74) is 0. The summed E-state index contributed by atoms with van der Waals surface area (Å²) in [4.78, 5) is 0. The van der Waals surface area contributed by atoms with Gasteiger partial charge in [-0.05, 0) is 48.3 Å². The van der Waals surface area contributed by atoms with Crippen LogP contribution in [-0.4, -0.2) is 12.3 Å². The highest BCUT2D eigenvalue weighted by Gasteiger charge is 2.06. The van der Waals surface area contributed by atoms with E-state index in [9.17, 15) is 8.78 Å². The molecule has 0 aliphatic rings.